The fourth-order valence-electron chi connectivity index (χ4n) is 1.40. The van der Waals surface area contributed by atoms with Crippen molar-refractivity contribution in [3.8, 4) is 0 Å². The van der Waals surface area contributed by atoms with Gasteiger partial charge in [0.05, 0.1) is 0 Å². The van der Waals surface area contributed by atoms with Gasteiger partial charge in [-0.3, -0.25) is 4.98 Å². The normalized spacial score (nSPS) is 12.8. The first-order chi connectivity index (χ1) is 6.20. The first kappa shape index (κ1) is 10.2. The highest BCUT2D eigenvalue weighted by atomic mass is 14.7. The molecule has 0 aliphatic rings. The van der Waals surface area contributed by atoms with Crippen LogP contribution in [0, 0.1) is 6.92 Å². The number of hydrogen-bond acceptors (Lipinski definition) is 2. The molecule has 1 heterocycles. The second-order valence-electron chi connectivity index (χ2n) is 3.62. The smallest absolute Gasteiger partial charge is 0.0404 e. The van der Waals surface area contributed by atoms with Crippen LogP contribution in [-0.2, 0) is 6.42 Å². The van der Waals surface area contributed by atoms with Gasteiger partial charge >= 0.3 is 0 Å². The van der Waals surface area contributed by atoms with E-state index in [1.807, 2.05) is 12.3 Å². The number of nitrogens with two attached hydrogens (primary N) is 1. The van der Waals surface area contributed by atoms with Gasteiger partial charge in [-0.25, -0.2) is 0 Å². The molecule has 0 saturated heterocycles. The van der Waals surface area contributed by atoms with Gasteiger partial charge in [0.2, 0.25) is 0 Å². The van der Waals surface area contributed by atoms with Crippen LogP contribution in [0.25, 0.3) is 0 Å². The number of aryl methyl sites for hydroxylation is 2. The molecule has 2 N–H and O–H groups in total. The minimum atomic E-state index is 0.317. The van der Waals surface area contributed by atoms with Crippen LogP contribution in [0.15, 0.2) is 18.3 Å². The van der Waals surface area contributed by atoms with Crippen molar-refractivity contribution in [2.75, 3.05) is 0 Å². The maximum Gasteiger partial charge on any atom is 0.0404 e. The molecular formula is C11H18N2. The van der Waals surface area contributed by atoms with Gasteiger partial charge in [-0.15, -0.1) is 0 Å². The number of nitrogens with zero attached hydrogens (tertiary/aromatic N) is 1. The van der Waals surface area contributed by atoms with E-state index in [9.17, 15) is 0 Å². The van der Waals surface area contributed by atoms with Crippen molar-refractivity contribution in [2.24, 2.45) is 5.73 Å². The summed E-state index contributed by atoms with van der Waals surface area (Å²) in [5.41, 5.74) is 8.17. The Morgan fingerprint density at radius 1 is 1.54 bits per heavy atom. The van der Waals surface area contributed by atoms with Crippen LogP contribution in [0.4, 0.5) is 0 Å². The molecule has 0 spiro atoms. The molecule has 0 aromatic carbocycles. The third-order valence-corrected chi connectivity index (χ3v) is 2.22. The van der Waals surface area contributed by atoms with Crippen LogP contribution in [0.2, 0.25) is 0 Å². The highest BCUT2D eigenvalue weighted by Crippen LogP contribution is 2.08. The van der Waals surface area contributed by atoms with Gasteiger partial charge in [0.1, 0.15) is 0 Å². The predicted molar refractivity (Wildman–Crippen MR) is 55.6 cm³/mol. The quantitative estimate of drug-likeness (QED) is 0.766. The van der Waals surface area contributed by atoms with Gasteiger partial charge in [-0.2, -0.15) is 0 Å². The summed E-state index contributed by atoms with van der Waals surface area (Å²) in [4.78, 5) is 4.25. The molecule has 1 unspecified atom stereocenters. The van der Waals surface area contributed by atoms with Crippen molar-refractivity contribution in [2.45, 2.75) is 39.2 Å². The fraction of sp³-hybridized carbons (Fsp3) is 0.545. The highest BCUT2D eigenvalue weighted by Gasteiger charge is 1.99. The molecule has 1 aromatic heterocycles. The van der Waals surface area contributed by atoms with Gasteiger partial charge in [-0.05, 0) is 44.7 Å². The molecule has 0 bridgehead atoms. The average Bonchev–Trinajstić information content (AvgIpc) is 2.08. The van der Waals surface area contributed by atoms with E-state index in [4.69, 9.17) is 5.73 Å². The molecule has 0 radical (unpaired) electrons. The lowest BCUT2D eigenvalue weighted by atomic mass is 10.1. The Labute approximate surface area is 80.2 Å². The molecule has 0 aliphatic carbocycles. The van der Waals surface area contributed by atoms with Gasteiger partial charge in [0.15, 0.2) is 0 Å². The van der Waals surface area contributed by atoms with E-state index in [2.05, 4.69) is 24.9 Å². The largest absolute Gasteiger partial charge is 0.328 e. The summed E-state index contributed by atoms with van der Waals surface area (Å²) >= 11 is 0. The Balaban J connectivity index is 2.41. The van der Waals surface area contributed by atoms with Gasteiger partial charge in [0, 0.05) is 17.9 Å². The van der Waals surface area contributed by atoms with E-state index in [1.54, 1.807) is 0 Å². The third kappa shape index (κ3) is 3.55. The maximum atomic E-state index is 5.68. The predicted octanol–water partition coefficient (Wildman–Crippen LogP) is 2.06. The zero-order chi connectivity index (χ0) is 9.68. The third-order valence-electron chi connectivity index (χ3n) is 2.22. The standard InChI is InChI=1S/C11H18N2/c1-9(12)5-3-6-11-7-4-8-13-10(11)2/h4,7-9H,3,5-6,12H2,1-2H3. The summed E-state index contributed by atoms with van der Waals surface area (Å²) in [6.07, 6.45) is 5.18. The lowest BCUT2D eigenvalue weighted by Crippen LogP contribution is -2.14. The second kappa shape index (κ2) is 4.97. The van der Waals surface area contributed by atoms with Crippen molar-refractivity contribution in [1.29, 1.82) is 0 Å². The maximum absolute atomic E-state index is 5.68. The monoisotopic (exact) mass is 178 g/mol. The molecule has 72 valence electrons. The number of hydrogen-bond donors (Lipinski definition) is 1. The van der Waals surface area contributed by atoms with E-state index >= 15 is 0 Å². The van der Waals surface area contributed by atoms with Crippen molar-refractivity contribution in [3.63, 3.8) is 0 Å². The Kier molecular flexibility index (Phi) is 3.90. The van der Waals surface area contributed by atoms with Crippen LogP contribution >= 0.6 is 0 Å². The first-order valence-electron chi connectivity index (χ1n) is 4.86. The average molecular weight is 178 g/mol. The topological polar surface area (TPSA) is 38.9 Å². The van der Waals surface area contributed by atoms with E-state index < -0.39 is 0 Å². The minimum Gasteiger partial charge on any atom is -0.328 e. The van der Waals surface area contributed by atoms with Crippen LogP contribution in [0.5, 0.6) is 0 Å². The van der Waals surface area contributed by atoms with E-state index in [-0.39, 0.29) is 0 Å². The lowest BCUT2D eigenvalue weighted by molar-refractivity contribution is 0.622. The molecule has 0 saturated carbocycles. The van der Waals surface area contributed by atoms with Crippen molar-refractivity contribution < 1.29 is 0 Å². The molecule has 1 aromatic rings. The van der Waals surface area contributed by atoms with Crippen LogP contribution in [0.3, 0.4) is 0 Å². The highest BCUT2D eigenvalue weighted by molar-refractivity contribution is 5.18. The van der Waals surface area contributed by atoms with Gasteiger partial charge in [0.25, 0.3) is 0 Å². The Morgan fingerprint density at radius 3 is 2.92 bits per heavy atom. The summed E-state index contributed by atoms with van der Waals surface area (Å²) in [5.74, 6) is 0. The van der Waals surface area contributed by atoms with Gasteiger partial charge < -0.3 is 5.73 Å². The molecule has 0 amide bonds. The van der Waals surface area contributed by atoms with Gasteiger partial charge in [-0.1, -0.05) is 6.07 Å². The molecule has 0 fully saturated rings. The van der Waals surface area contributed by atoms with Crippen LogP contribution in [0.1, 0.15) is 31.0 Å². The summed E-state index contributed by atoms with van der Waals surface area (Å²) in [6.45, 7) is 4.11. The second-order valence-corrected chi connectivity index (χ2v) is 3.62. The Morgan fingerprint density at radius 2 is 2.31 bits per heavy atom. The first-order valence-corrected chi connectivity index (χ1v) is 4.86. The molecule has 2 heteroatoms. The number of pyridine rings is 1. The van der Waals surface area contributed by atoms with Crippen LogP contribution < -0.4 is 5.73 Å². The molecule has 0 aliphatic heterocycles. The summed E-state index contributed by atoms with van der Waals surface area (Å²) in [5, 5.41) is 0. The zero-order valence-corrected chi connectivity index (χ0v) is 8.46. The van der Waals surface area contributed by atoms with Crippen molar-refractivity contribution >= 4 is 0 Å². The molecular weight excluding hydrogens is 160 g/mol. The van der Waals surface area contributed by atoms with Crippen LogP contribution in [-0.4, -0.2) is 11.0 Å². The zero-order valence-electron chi connectivity index (χ0n) is 8.46. The molecule has 1 rings (SSSR count). The summed E-state index contributed by atoms with van der Waals surface area (Å²) in [6, 6.07) is 4.45. The molecule has 1 atom stereocenters. The lowest BCUT2D eigenvalue weighted by Gasteiger charge is -2.06. The van der Waals surface area contributed by atoms with Crippen molar-refractivity contribution in [1.82, 2.24) is 4.98 Å². The Bertz CT molecular complexity index is 256. The molecule has 13 heavy (non-hydrogen) atoms. The van der Waals surface area contributed by atoms with E-state index in [1.165, 1.54) is 5.56 Å². The fourth-order valence-corrected chi connectivity index (χ4v) is 1.40. The van der Waals surface area contributed by atoms with Crippen molar-refractivity contribution in [3.05, 3.63) is 29.6 Å². The Hall–Kier alpha value is -0.890. The van der Waals surface area contributed by atoms with E-state index in [0.717, 1.165) is 25.0 Å². The SMILES string of the molecule is Cc1ncccc1CCCC(C)N. The molecule has 2 nitrogen and oxygen atoms in total. The minimum absolute atomic E-state index is 0.317. The summed E-state index contributed by atoms with van der Waals surface area (Å²) in [7, 11) is 0. The van der Waals surface area contributed by atoms with E-state index in [0.29, 0.717) is 6.04 Å². The number of rotatable bonds is 4. The number of aromatic nitrogens is 1. The summed E-state index contributed by atoms with van der Waals surface area (Å²) < 4.78 is 0.